The first-order chi connectivity index (χ1) is 18.4. The van der Waals surface area contributed by atoms with Crippen molar-refractivity contribution in [1.29, 1.82) is 0 Å². The van der Waals surface area contributed by atoms with E-state index in [2.05, 4.69) is 22.3 Å². The first-order valence-electron chi connectivity index (χ1n) is 12.4. The van der Waals surface area contributed by atoms with Gasteiger partial charge in [-0.2, -0.15) is 0 Å². The molecule has 1 unspecified atom stereocenters. The number of hydrogen-bond acceptors (Lipinski definition) is 9. The van der Waals surface area contributed by atoms with Crippen LogP contribution >= 0.6 is 11.3 Å². The third-order valence-corrected chi connectivity index (χ3v) is 7.49. The molecule has 198 valence electrons. The second-order valence-corrected chi connectivity index (χ2v) is 10.1. The summed E-state index contributed by atoms with van der Waals surface area (Å²) >= 11 is 1.36. The Balaban J connectivity index is 1.29. The molecule has 5 rings (SSSR count). The summed E-state index contributed by atoms with van der Waals surface area (Å²) in [6, 6.07) is 14.9. The van der Waals surface area contributed by atoms with E-state index in [0.29, 0.717) is 35.0 Å². The van der Waals surface area contributed by atoms with Gasteiger partial charge in [-0.15, -0.1) is 11.3 Å². The number of hydrogen-bond donors (Lipinski definition) is 1. The first kappa shape index (κ1) is 25.7. The summed E-state index contributed by atoms with van der Waals surface area (Å²) in [5, 5.41) is 3.22. The van der Waals surface area contributed by atoms with Crippen molar-refractivity contribution in [1.82, 2.24) is 4.90 Å². The Morgan fingerprint density at radius 3 is 2.66 bits per heavy atom. The van der Waals surface area contributed by atoms with Gasteiger partial charge in [0.2, 0.25) is 6.79 Å². The number of carbonyl (C=O) groups is 3. The molecule has 2 aliphatic heterocycles. The van der Waals surface area contributed by atoms with Gasteiger partial charge in [-0.3, -0.25) is 9.69 Å². The number of ether oxygens (including phenoxy) is 4. The van der Waals surface area contributed by atoms with Crippen molar-refractivity contribution in [3.8, 4) is 11.5 Å². The molecule has 1 amide bonds. The fourth-order valence-electron chi connectivity index (χ4n) is 4.46. The van der Waals surface area contributed by atoms with Crippen molar-refractivity contribution in [3.05, 3.63) is 75.7 Å². The number of nitrogens with zero attached hydrogens (tertiary/aromatic N) is 1. The highest BCUT2D eigenvalue weighted by molar-refractivity contribution is 7.17. The second-order valence-electron chi connectivity index (χ2n) is 8.98. The highest BCUT2D eigenvalue weighted by Gasteiger charge is 2.31. The topological polar surface area (TPSA) is 103 Å². The predicted octanol–water partition coefficient (Wildman–Crippen LogP) is 4.40. The lowest BCUT2D eigenvalue weighted by atomic mass is 10.0. The molecule has 38 heavy (non-hydrogen) atoms. The Kier molecular flexibility index (Phi) is 7.62. The number of amides is 1. The van der Waals surface area contributed by atoms with Gasteiger partial charge in [0.25, 0.3) is 5.91 Å². The molecule has 0 saturated carbocycles. The molecule has 2 aliphatic rings. The van der Waals surface area contributed by atoms with Crippen LogP contribution in [-0.2, 0) is 33.8 Å². The number of anilines is 1. The van der Waals surface area contributed by atoms with Crippen molar-refractivity contribution in [2.45, 2.75) is 39.5 Å². The van der Waals surface area contributed by atoms with E-state index in [1.165, 1.54) is 29.9 Å². The van der Waals surface area contributed by atoms with Crippen LogP contribution in [-0.4, -0.2) is 48.8 Å². The average Bonchev–Trinajstić information content (AvgIpc) is 3.52. The average molecular weight is 537 g/mol. The molecule has 3 aromatic rings. The van der Waals surface area contributed by atoms with Gasteiger partial charge in [0.05, 0.1) is 17.7 Å². The Morgan fingerprint density at radius 2 is 1.87 bits per heavy atom. The zero-order valence-corrected chi connectivity index (χ0v) is 22.0. The van der Waals surface area contributed by atoms with E-state index in [1.807, 2.05) is 18.2 Å². The minimum atomic E-state index is -1.10. The summed E-state index contributed by atoms with van der Waals surface area (Å²) in [4.78, 5) is 41.9. The molecule has 1 aromatic heterocycles. The number of esters is 2. The van der Waals surface area contributed by atoms with E-state index in [-0.39, 0.29) is 19.0 Å². The van der Waals surface area contributed by atoms with Crippen molar-refractivity contribution >= 4 is 34.2 Å². The SMILES string of the molecule is CCOC(=O)c1c(NC(=O)C(C)OC(=O)c2ccc3c(c2)OCO3)sc2c1CCN(Cc1ccccc1)C2. The standard InChI is InChI=1S/C28H28N2O7S/c1-3-34-28(33)24-20-11-12-30(14-18-7-5-4-6-8-18)15-23(20)38-26(24)29-25(31)17(2)37-27(32)19-9-10-21-22(13-19)36-16-35-21/h4-10,13,17H,3,11-12,14-16H2,1-2H3,(H,29,31). The largest absolute Gasteiger partial charge is 0.462 e. The van der Waals surface area contributed by atoms with Crippen LogP contribution in [0.1, 0.15) is 50.6 Å². The Labute approximate surface area is 224 Å². The van der Waals surface area contributed by atoms with Crippen molar-refractivity contribution in [2.75, 3.05) is 25.3 Å². The number of fused-ring (bicyclic) bond motifs is 2. The minimum absolute atomic E-state index is 0.0875. The molecular formula is C28H28N2O7S. The van der Waals surface area contributed by atoms with Gasteiger partial charge in [0.15, 0.2) is 17.6 Å². The van der Waals surface area contributed by atoms with Crippen molar-refractivity contribution in [2.24, 2.45) is 0 Å². The minimum Gasteiger partial charge on any atom is -0.462 e. The van der Waals surface area contributed by atoms with Crippen LogP contribution in [0.15, 0.2) is 48.5 Å². The molecule has 0 aliphatic carbocycles. The van der Waals surface area contributed by atoms with Crippen LogP contribution in [0, 0.1) is 0 Å². The van der Waals surface area contributed by atoms with Crippen LogP contribution in [0.5, 0.6) is 11.5 Å². The van der Waals surface area contributed by atoms with Crippen LogP contribution in [0.4, 0.5) is 5.00 Å². The highest BCUT2D eigenvalue weighted by atomic mass is 32.1. The normalized spacial score (nSPS) is 14.9. The monoisotopic (exact) mass is 536 g/mol. The number of carbonyl (C=O) groups excluding carboxylic acids is 3. The molecule has 10 heteroatoms. The van der Waals surface area contributed by atoms with Gasteiger partial charge < -0.3 is 24.3 Å². The predicted molar refractivity (Wildman–Crippen MR) is 141 cm³/mol. The quantitative estimate of drug-likeness (QED) is 0.423. The van der Waals surface area contributed by atoms with Gasteiger partial charge in [0.1, 0.15) is 5.00 Å². The maximum absolute atomic E-state index is 13.0. The molecule has 0 saturated heterocycles. The van der Waals surface area contributed by atoms with Crippen LogP contribution in [0.25, 0.3) is 0 Å². The van der Waals surface area contributed by atoms with Gasteiger partial charge in [-0.25, -0.2) is 9.59 Å². The lowest BCUT2D eigenvalue weighted by molar-refractivity contribution is -0.123. The molecule has 0 fully saturated rings. The molecule has 0 spiro atoms. The molecule has 1 atom stereocenters. The molecule has 0 radical (unpaired) electrons. The highest BCUT2D eigenvalue weighted by Crippen LogP contribution is 2.38. The Morgan fingerprint density at radius 1 is 1.08 bits per heavy atom. The summed E-state index contributed by atoms with van der Waals surface area (Å²) in [5.41, 5.74) is 2.74. The van der Waals surface area contributed by atoms with Crippen LogP contribution in [0.2, 0.25) is 0 Å². The van der Waals surface area contributed by atoms with Gasteiger partial charge in [0, 0.05) is 24.5 Å². The van der Waals surface area contributed by atoms with Crippen LogP contribution < -0.4 is 14.8 Å². The lowest BCUT2D eigenvalue weighted by Crippen LogP contribution is -2.31. The third kappa shape index (κ3) is 5.51. The van der Waals surface area contributed by atoms with Crippen molar-refractivity contribution < 1.29 is 33.3 Å². The smallest absolute Gasteiger partial charge is 0.341 e. The molecule has 0 bridgehead atoms. The van der Waals surface area contributed by atoms with E-state index in [9.17, 15) is 14.4 Å². The van der Waals surface area contributed by atoms with E-state index in [1.54, 1.807) is 19.1 Å². The third-order valence-electron chi connectivity index (χ3n) is 6.36. The van der Waals surface area contributed by atoms with Gasteiger partial charge in [-0.1, -0.05) is 30.3 Å². The lowest BCUT2D eigenvalue weighted by Gasteiger charge is -2.27. The van der Waals surface area contributed by atoms with Gasteiger partial charge >= 0.3 is 11.9 Å². The zero-order chi connectivity index (χ0) is 26.6. The van der Waals surface area contributed by atoms with E-state index >= 15 is 0 Å². The molecule has 3 heterocycles. The zero-order valence-electron chi connectivity index (χ0n) is 21.2. The maximum atomic E-state index is 13.0. The molecular weight excluding hydrogens is 508 g/mol. The number of rotatable bonds is 8. The van der Waals surface area contributed by atoms with Crippen LogP contribution in [0.3, 0.4) is 0 Å². The van der Waals surface area contributed by atoms with E-state index in [0.717, 1.165) is 23.5 Å². The molecule has 9 nitrogen and oxygen atoms in total. The van der Waals surface area contributed by atoms with Gasteiger partial charge in [-0.05, 0) is 49.6 Å². The summed E-state index contributed by atoms with van der Waals surface area (Å²) in [7, 11) is 0. The number of thiophene rings is 1. The summed E-state index contributed by atoms with van der Waals surface area (Å²) in [6.45, 7) is 5.77. The summed E-state index contributed by atoms with van der Waals surface area (Å²) in [6.07, 6.45) is -0.436. The summed E-state index contributed by atoms with van der Waals surface area (Å²) in [5.74, 6) is -0.686. The second kappa shape index (κ2) is 11.2. The fraction of sp³-hybridized carbons (Fsp3) is 0.321. The fourth-order valence-corrected chi connectivity index (χ4v) is 5.74. The van der Waals surface area contributed by atoms with E-state index < -0.39 is 23.9 Å². The Bertz CT molecular complexity index is 1350. The number of benzene rings is 2. The number of nitrogens with one attached hydrogen (secondary N) is 1. The first-order valence-corrected chi connectivity index (χ1v) is 13.2. The van der Waals surface area contributed by atoms with E-state index in [4.69, 9.17) is 18.9 Å². The Hall–Kier alpha value is -3.89. The molecule has 1 N–H and O–H groups in total. The molecule has 2 aromatic carbocycles. The summed E-state index contributed by atoms with van der Waals surface area (Å²) < 4.78 is 21.3. The van der Waals surface area contributed by atoms with Crippen molar-refractivity contribution in [3.63, 3.8) is 0 Å². The maximum Gasteiger partial charge on any atom is 0.341 e.